The summed E-state index contributed by atoms with van der Waals surface area (Å²) in [5, 5.41) is 25.5. The molecule has 0 aliphatic heterocycles. The lowest BCUT2D eigenvalue weighted by atomic mass is 10.2. The second kappa shape index (κ2) is 6.55. The fourth-order valence-corrected chi connectivity index (χ4v) is 1.51. The molecule has 0 bridgehead atoms. The summed E-state index contributed by atoms with van der Waals surface area (Å²) < 4.78 is 4.91. The Bertz CT molecular complexity index is 505. The zero-order chi connectivity index (χ0) is 15.3. The van der Waals surface area contributed by atoms with Crippen molar-refractivity contribution in [3.8, 4) is 0 Å². The molecule has 0 aliphatic rings. The van der Waals surface area contributed by atoms with Crippen molar-refractivity contribution in [2.45, 2.75) is 32.9 Å². The maximum atomic E-state index is 11.5. The summed E-state index contributed by atoms with van der Waals surface area (Å²) in [6.07, 6.45) is -0.700. The van der Waals surface area contributed by atoms with Gasteiger partial charge in [0, 0.05) is 12.1 Å². The number of carbonyl (C=O) groups excluding carboxylic acids is 1. The molecule has 0 spiro atoms. The molecule has 9 nitrogen and oxygen atoms in total. The van der Waals surface area contributed by atoms with Gasteiger partial charge in [0.05, 0.1) is 12.1 Å². The minimum atomic E-state index is -1.49. The van der Waals surface area contributed by atoms with Gasteiger partial charge in [-0.1, -0.05) is 5.16 Å². The van der Waals surface area contributed by atoms with Crippen LogP contribution in [0.4, 0.5) is 4.79 Å². The molecule has 1 heterocycles. The molecule has 9 heteroatoms. The first-order chi connectivity index (χ1) is 9.31. The Morgan fingerprint density at radius 3 is 2.40 bits per heavy atom. The molecule has 0 fully saturated rings. The highest BCUT2D eigenvalue weighted by Crippen LogP contribution is 2.11. The van der Waals surface area contributed by atoms with Gasteiger partial charge in [-0.25, -0.2) is 9.59 Å². The SMILES string of the molecule is Cc1noc(C)c1CNC(=O)N[C@@H](CC(=O)O)C(=O)O. The number of carbonyl (C=O) groups is 3. The van der Waals surface area contributed by atoms with Crippen LogP contribution >= 0.6 is 0 Å². The van der Waals surface area contributed by atoms with Gasteiger partial charge in [0.15, 0.2) is 0 Å². The summed E-state index contributed by atoms with van der Waals surface area (Å²) >= 11 is 0. The van der Waals surface area contributed by atoms with E-state index in [9.17, 15) is 14.4 Å². The number of hydrogen-bond donors (Lipinski definition) is 4. The van der Waals surface area contributed by atoms with E-state index in [0.29, 0.717) is 17.0 Å². The fourth-order valence-electron chi connectivity index (χ4n) is 1.51. The molecule has 0 saturated carbocycles. The predicted octanol–water partition coefficient (Wildman–Crippen LogP) is 0.0185. The van der Waals surface area contributed by atoms with Gasteiger partial charge in [0.1, 0.15) is 11.8 Å². The van der Waals surface area contributed by atoms with Crippen LogP contribution < -0.4 is 10.6 Å². The van der Waals surface area contributed by atoms with Crippen molar-refractivity contribution in [1.29, 1.82) is 0 Å². The molecule has 0 saturated heterocycles. The summed E-state index contributed by atoms with van der Waals surface area (Å²) in [4.78, 5) is 32.8. The molecule has 0 radical (unpaired) electrons. The summed E-state index contributed by atoms with van der Waals surface area (Å²) in [6, 6.07) is -2.27. The zero-order valence-electron chi connectivity index (χ0n) is 11.0. The molecule has 1 atom stereocenters. The second-order valence-corrected chi connectivity index (χ2v) is 4.12. The molecule has 1 aromatic rings. The number of aryl methyl sites for hydroxylation is 2. The van der Waals surface area contributed by atoms with E-state index >= 15 is 0 Å². The molecule has 2 amide bonds. The van der Waals surface area contributed by atoms with Gasteiger partial charge >= 0.3 is 18.0 Å². The van der Waals surface area contributed by atoms with Crippen LogP contribution in [0.15, 0.2) is 4.52 Å². The van der Waals surface area contributed by atoms with Crippen molar-refractivity contribution in [2.75, 3.05) is 0 Å². The van der Waals surface area contributed by atoms with Crippen LogP contribution in [0, 0.1) is 13.8 Å². The van der Waals surface area contributed by atoms with Crippen LogP contribution in [-0.2, 0) is 16.1 Å². The lowest BCUT2D eigenvalue weighted by molar-refractivity contribution is -0.145. The van der Waals surface area contributed by atoms with Gasteiger partial charge in [0.25, 0.3) is 0 Å². The standard InChI is InChI=1S/C11H15N3O6/c1-5-7(6(2)20-14-5)4-12-11(19)13-8(10(17)18)3-9(15)16/h8H,3-4H2,1-2H3,(H,15,16)(H,17,18)(H2,12,13,19)/t8-/m0/s1. The zero-order valence-corrected chi connectivity index (χ0v) is 11.0. The highest BCUT2D eigenvalue weighted by molar-refractivity contribution is 5.86. The van der Waals surface area contributed by atoms with Crippen molar-refractivity contribution in [3.05, 3.63) is 17.0 Å². The molecular formula is C11H15N3O6. The van der Waals surface area contributed by atoms with Crippen LogP contribution in [0.1, 0.15) is 23.4 Å². The highest BCUT2D eigenvalue weighted by atomic mass is 16.5. The first-order valence-corrected chi connectivity index (χ1v) is 5.72. The largest absolute Gasteiger partial charge is 0.481 e. The Labute approximate surface area is 113 Å². The molecule has 4 N–H and O–H groups in total. The predicted molar refractivity (Wildman–Crippen MR) is 65.0 cm³/mol. The Hall–Kier alpha value is -2.58. The van der Waals surface area contributed by atoms with Crippen LogP contribution in [0.5, 0.6) is 0 Å². The van der Waals surface area contributed by atoms with Gasteiger partial charge < -0.3 is 25.4 Å². The van der Waals surface area contributed by atoms with E-state index in [4.69, 9.17) is 14.7 Å². The van der Waals surface area contributed by atoms with E-state index in [0.717, 1.165) is 0 Å². The number of aromatic nitrogens is 1. The molecular weight excluding hydrogens is 270 g/mol. The van der Waals surface area contributed by atoms with Gasteiger partial charge in [-0.3, -0.25) is 4.79 Å². The summed E-state index contributed by atoms with van der Waals surface area (Å²) in [5.74, 6) is -2.19. The Balaban J connectivity index is 2.54. The number of nitrogens with one attached hydrogen (secondary N) is 2. The Kier molecular flexibility index (Phi) is 5.07. The van der Waals surface area contributed by atoms with Crippen molar-refractivity contribution in [1.82, 2.24) is 15.8 Å². The number of urea groups is 1. The van der Waals surface area contributed by atoms with Gasteiger partial charge in [-0.2, -0.15) is 0 Å². The number of rotatable bonds is 6. The fraction of sp³-hybridized carbons (Fsp3) is 0.455. The minimum absolute atomic E-state index is 0.104. The Morgan fingerprint density at radius 1 is 1.30 bits per heavy atom. The van der Waals surface area contributed by atoms with E-state index in [1.54, 1.807) is 13.8 Å². The minimum Gasteiger partial charge on any atom is -0.481 e. The van der Waals surface area contributed by atoms with Crippen LogP contribution in [0.25, 0.3) is 0 Å². The average molecular weight is 285 g/mol. The molecule has 110 valence electrons. The molecule has 1 rings (SSSR count). The van der Waals surface area contributed by atoms with Crippen molar-refractivity contribution < 1.29 is 29.1 Å². The number of amides is 2. The normalized spacial score (nSPS) is 11.7. The van der Waals surface area contributed by atoms with Gasteiger partial charge in [-0.15, -0.1) is 0 Å². The first-order valence-electron chi connectivity index (χ1n) is 5.72. The van der Waals surface area contributed by atoms with E-state index in [1.165, 1.54) is 0 Å². The topological polar surface area (TPSA) is 142 Å². The molecule has 20 heavy (non-hydrogen) atoms. The lowest BCUT2D eigenvalue weighted by Gasteiger charge is -2.13. The van der Waals surface area contributed by atoms with E-state index in [2.05, 4.69) is 15.8 Å². The number of aliphatic carboxylic acids is 2. The summed E-state index contributed by atoms with van der Waals surface area (Å²) in [7, 11) is 0. The van der Waals surface area contributed by atoms with Gasteiger partial charge in [0.2, 0.25) is 0 Å². The maximum absolute atomic E-state index is 11.5. The number of hydrogen-bond acceptors (Lipinski definition) is 5. The lowest BCUT2D eigenvalue weighted by Crippen LogP contribution is -2.46. The van der Waals surface area contributed by atoms with Gasteiger partial charge in [-0.05, 0) is 13.8 Å². The number of carboxylic acid groups (broad SMARTS) is 2. The second-order valence-electron chi connectivity index (χ2n) is 4.12. The third kappa shape index (κ3) is 4.26. The molecule has 0 unspecified atom stereocenters. The van der Waals surface area contributed by atoms with Crippen LogP contribution in [0.3, 0.4) is 0 Å². The third-order valence-corrected chi connectivity index (χ3v) is 2.59. The summed E-state index contributed by atoms with van der Waals surface area (Å²) in [6.45, 7) is 3.49. The monoisotopic (exact) mass is 285 g/mol. The first kappa shape index (κ1) is 15.5. The average Bonchev–Trinajstić information content (AvgIpc) is 2.65. The van der Waals surface area contributed by atoms with E-state index in [-0.39, 0.29) is 6.54 Å². The smallest absolute Gasteiger partial charge is 0.326 e. The van der Waals surface area contributed by atoms with Crippen LogP contribution in [-0.4, -0.2) is 39.4 Å². The molecule has 0 aromatic carbocycles. The summed E-state index contributed by atoms with van der Waals surface area (Å²) in [5.41, 5.74) is 1.30. The number of nitrogens with zero attached hydrogens (tertiary/aromatic N) is 1. The Morgan fingerprint density at radius 2 is 1.95 bits per heavy atom. The van der Waals surface area contributed by atoms with Crippen molar-refractivity contribution >= 4 is 18.0 Å². The maximum Gasteiger partial charge on any atom is 0.326 e. The van der Waals surface area contributed by atoms with Crippen molar-refractivity contribution in [2.24, 2.45) is 0 Å². The molecule has 1 aromatic heterocycles. The third-order valence-electron chi connectivity index (χ3n) is 2.59. The van der Waals surface area contributed by atoms with Crippen LogP contribution in [0.2, 0.25) is 0 Å². The van der Waals surface area contributed by atoms with Crippen molar-refractivity contribution in [3.63, 3.8) is 0 Å². The molecule has 0 aliphatic carbocycles. The highest BCUT2D eigenvalue weighted by Gasteiger charge is 2.23. The number of carboxylic acids is 2. The van der Waals surface area contributed by atoms with E-state index < -0.39 is 30.4 Å². The van der Waals surface area contributed by atoms with E-state index in [1.807, 2.05) is 0 Å². The quantitative estimate of drug-likeness (QED) is 0.577.